The normalized spacial score (nSPS) is 16.0. The molecule has 2 aromatic carbocycles. The number of anilines is 1. The van der Waals surface area contributed by atoms with Crippen LogP contribution in [0, 0.1) is 0 Å². The van der Waals surface area contributed by atoms with Gasteiger partial charge in [0.1, 0.15) is 0 Å². The zero-order valence-electron chi connectivity index (χ0n) is 23.0. The number of ether oxygens (including phenoxy) is 3. The van der Waals surface area contributed by atoms with Gasteiger partial charge in [-0.3, -0.25) is 9.69 Å². The van der Waals surface area contributed by atoms with Crippen molar-refractivity contribution in [2.45, 2.75) is 43.6 Å². The molecular formula is C28H37N3O6S2. The van der Waals surface area contributed by atoms with Crippen LogP contribution in [0.15, 0.2) is 47.4 Å². The second-order valence-corrected chi connectivity index (χ2v) is 12.8. The molecule has 212 valence electrons. The van der Waals surface area contributed by atoms with Gasteiger partial charge in [0.05, 0.1) is 41.0 Å². The van der Waals surface area contributed by atoms with E-state index >= 15 is 0 Å². The van der Waals surface area contributed by atoms with Gasteiger partial charge in [-0.25, -0.2) is 13.4 Å². The number of amides is 1. The lowest BCUT2D eigenvalue weighted by molar-refractivity contribution is 0.0917. The molecule has 9 nitrogen and oxygen atoms in total. The van der Waals surface area contributed by atoms with Crippen molar-refractivity contribution in [1.29, 1.82) is 0 Å². The third-order valence-corrected chi connectivity index (χ3v) is 9.73. The first-order chi connectivity index (χ1) is 18.8. The van der Waals surface area contributed by atoms with Crippen molar-refractivity contribution >= 4 is 42.6 Å². The third-order valence-electron chi connectivity index (χ3n) is 6.78. The zero-order valence-corrected chi connectivity index (χ0v) is 24.6. The molecule has 1 aliphatic rings. The summed E-state index contributed by atoms with van der Waals surface area (Å²) in [5.41, 5.74) is 2.43. The predicted octanol–water partition coefficient (Wildman–Crippen LogP) is 4.53. The number of fused-ring (bicyclic) bond motifs is 1. The fraction of sp³-hybridized carbons (Fsp3) is 0.500. The number of hydrogen-bond acceptors (Lipinski definition) is 8. The van der Waals surface area contributed by atoms with E-state index in [0.717, 1.165) is 28.6 Å². The minimum absolute atomic E-state index is 0.0692. The maximum absolute atomic E-state index is 13.9. The summed E-state index contributed by atoms with van der Waals surface area (Å²) in [6.45, 7) is 6.25. The lowest BCUT2D eigenvalue weighted by Gasteiger charge is -2.24. The first-order valence-electron chi connectivity index (χ1n) is 13.2. The number of nitrogens with zero attached hydrogens (tertiary/aromatic N) is 3. The third kappa shape index (κ3) is 6.85. The highest BCUT2D eigenvalue weighted by atomic mass is 32.2. The van der Waals surface area contributed by atoms with E-state index < -0.39 is 10.0 Å². The highest BCUT2D eigenvalue weighted by molar-refractivity contribution is 7.89. The van der Waals surface area contributed by atoms with E-state index in [4.69, 9.17) is 19.2 Å². The van der Waals surface area contributed by atoms with Crippen LogP contribution in [0.1, 0.15) is 48.5 Å². The van der Waals surface area contributed by atoms with Crippen LogP contribution in [0.25, 0.3) is 10.2 Å². The molecule has 0 aliphatic carbocycles. The molecule has 1 atom stereocenters. The van der Waals surface area contributed by atoms with Gasteiger partial charge in [-0.2, -0.15) is 4.31 Å². The van der Waals surface area contributed by atoms with Crippen LogP contribution in [0.2, 0.25) is 0 Å². The molecule has 1 unspecified atom stereocenters. The number of benzene rings is 2. The molecule has 0 saturated carbocycles. The molecule has 1 amide bonds. The summed E-state index contributed by atoms with van der Waals surface area (Å²) in [7, 11) is -0.738. The Morgan fingerprint density at radius 3 is 2.38 bits per heavy atom. The molecule has 1 saturated heterocycles. The molecule has 11 heteroatoms. The van der Waals surface area contributed by atoms with E-state index in [-0.39, 0.29) is 43.2 Å². The average molecular weight is 576 g/mol. The number of methoxy groups -OCH3 is 2. The van der Waals surface area contributed by atoms with Gasteiger partial charge >= 0.3 is 0 Å². The lowest BCUT2D eigenvalue weighted by Crippen LogP contribution is -2.38. The molecular weight excluding hydrogens is 538 g/mol. The molecule has 0 bridgehead atoms. The molecule has 1 aliphatic heterocycles. The Hall–Kier alpha value is -2.41. The van der Waals surface area contributed by atoms with Gasteiger partial charge in [0.2, 0.25) is 10.0 Å². The second-order valence-electron chi connectivity index (χ2n) is 9.81. The largest absolute Gasteiger partial charge is 0.383 e. The number of carbonyl (C=O) groups excluding carboxylic acids is 1. The number of aromatic nitrogens is 1. The lowest BCUT2D eigenvalue weighted by atomic mass is 10.0. The summed E-state index contributed by atoms with van der Waals surface area (Å²) in [4.78, 5) is 20.5. The molecule has 1 fully saturated rings. The minimum atomic E-state index is -3.79. The number of rotatable bonds is 13. The summed E-state index contributed by atoms with van der Waals surface area (Å²) >= 11 is 1.48. The van der Waals surface area contributed by atoms with Crippen molar-refractivity contribution in [1.82, 2.24) is 9.29 Å². The van der Waals surface area contributed by atoms with Crippen molar-refractivity contribution in [3.63, 3.8) is 0 Å². The Labute approximate surface area is 234 Å². The number of carbonyl (C=O) groups is 1. The monoisotopic (exact) mass is 575 g/mol. The summed E-state index contributed by atoms with van der Waals surface area (Å²) < 4.78 is 45.0. The highest BCUT2D eigenvalue weighted by Crippen LogP contribution is 2.35. The maximum Gasteiger partial charge on any atom is 0.260 e. The Bertz CT molecular complexity index is 1340. The zero-order chi connectivity index (χ0) is 28.0. The summed E-state index contributed by atoms with van der Waals surface area (Å²) in [6, 6.07) is 12.2. The van der Waals surface area contributed by atoms with Crippen molar-refractivity contribution in [3.8, 4) is 0 Å². The molecule has 2 heterocycles. The molecule has 0 N–H and O–H groups in total. The van der Waals surface area contributed by atoms with Crippen LogP contribution in [-0.2, 0) is 24.2 Å². The van der Waals surface area contributed by atoms with Gasteiger partial charge in [0.25, 0.3) is 5.91 Å². The van der Waals surface area contributed by atoms with E-state index in [2.05, 4.69) is 19.9 Å². The van der Waals surface area contributed by atoms with Crippen molar-refractivity contribution in [3.05, 3.63) is 53.6 Å². The van der Waals surface area contributed by atoms with Crippen LogP contribution >= 0.6 is 11.3 Å². The standard InChI is InChI=1S/C28H37N3O6S2/c1-20(2)24-8-5-9-25-26(24)29-28(38-25)31(19-22-7-6-16-37-22)27(32)21-10-12-23(13-11-21)39(33,34)30(14-17-35-3)15-18-36-4/h5,8-13,20,22H,6-7,14-19H2,1-4H3. The molecule has 0 spiro atoms. The summed E-state index contributed by atoms with van der Waals surface area (Å²) in [5, 5.41) is 0.612. The van der Waals surface area contributed by atoms with Crippen LogP contribution in [0.5, 0.6) is 0 Å². The van der Waals surface area contributed by atoms with Gasteiger partial charge in [0.15, 0.2) is 5.13 Å². The molecule has 4 rings (SSSR count). The van der Waals surface area contributed by atoms with E-state index in [1.165, 1.54) is 42.0 Å². The first kappa shape index (κ1) is 29.6. The van der Waals surface area contributed by atoms with Crippen molar-refractivity contribution in [2.24, 2.45) is 0 Å². The summed E-state index contributed by atoms with van der Waals surface area (Å²) in [5.74, 6) is 0.0584. The number of para-hydroxylation sites is 1. The van der Waals surface area contributed by atoms with Crippen molar-refractivity contribution in [2.75, 3.05) is 58.6 Å². The first-order valence-corrected chi connectivity index (χ1v) is 15.4. The van der Waals surface area contributed by atoms with Crippen LogP contribution < -0.4 is 4.90 Å². The van der Waals surface area contributed by atoms with E-state index in [0.29, 0.717) is 29.8 Å². The molecule has 39 heavy (non-hydrogen) atoms. The maximum atomic E-state index is 13.9. The van der Waals surface area contributed by atoms with E-state index in [9.17, 15) is 13.2 Å². The highest BCUT2D eigenvalue weighted by Gasteiger charge is 2.29. The Balaban J connectivity index is 1.64. The smallest absolute Gasteiger partial charge is 0.260 e. The van der Waals surface area contributed by atoms with Gasteiger partial charge < -0.3 is 14.2 Å². The quantitative estimate of drug-likeness (QED) is 0.295. The van der Waals surface area contributed by atoms with Gasteiger partial charge in [-0.05, 0) is 54.7 Å². The van der Waals surface area contributed by atoms with Crippen LogP contribution in [0.3, 0.4) is 0 Å². The van der Waals surface area contributed by atoms with Gasteiger partial charge in [-0.15, -0.1) is 0 Å². The fourth-order valence-corrected chi connectivity index (χ4v) is 7.01. The molecule has 3 aromatic rings. The van der Waals surface area contributed by atoms with Crippen LogP contribution in [-0.4, -0.2) is 83.4 Å². The Morgan fingerprint density at radius 1 is 1.10 bits per heavy atom. The molecule has 0 radical (unpaired) electrons. The number of hydrogen-bond donors (Lipinski definition) is 0. The van der Waals surface area contributed by atoms with Crippen molar-refractivity contribution < 1.29 is 27.4 Å². The second kappa shape index (κ2) is 13.3. The number of sulfonamides is 1. The van der Waals surface area contributed by atoms with E-state index in [1.807, 2.05) is 12.1 Å². The van der Waals surface area contributed by atoms with E-state index in [1.54, 1.807) is 17.0 Å². The van der Waals surface area contributed by atoms with Gasteiger partial charge in [-0.1, -0.05) is 37.3 Å². The minimum Gasteiger partial charge on any atom is -0.383 e. The predicted molar refractivity (Wildman–Crippen MR) is 153 cm³/mol. The fourth-order valence-electron chi connectivity index (χ4n) is 4.59. The Kier molecular flexibility index (Phi) is 10.1. The van der Waals surface area contributed by atoms with Gasteiger partial charge in [0, 0.05) is 39.5 Å². The topological polar surface area (TPSA) is 98.3 Å². The Morgan fingerprint density at radius 2 is 1.79 bits per heavy atom. The summed E-state index contributed by atoms with van der Waals surface area (Å²) in [6.07, 6.45) is 1.77. The van der Waals surface area contributed by atoms with Crippen LogP contribution in [0.4, 0.5) is 5.13 Å². The SMILES string of the molecule is COCCN(CCOC)S(=O)(=O)c1ccc(C(=O)N(CC2CCCO2)c2nc3c(C(C)C)cccc3s2)cc1. The molecule has 1 aromatic heterocycles. The number of thiazole rings is 1. The average Bonchev–Trinajstić information content (AvgIpc) is 3.61.